The van der Waals surface area contributed by atoms with E-state index in [-0.39, 0.29) is 0 Å². The number of rotatable bonds is 6. The fourth-order valence-corrected chi connectivity index (χ4v) is 2.43. The third-order valence-electron chi connectivity index (χ3n) is 3.89. The number of anilines is 1. The number of aliphatic hydroxyl groups excluding tert-OH is 1. The van der Waals surface area contributed by atoms with Crippen LogP contribution in [0.5, 0.6) is 11.5 Å². The third-order valence-corrected chi connectivity index (χ3v) is 3.89. The maximum Gasteiger partial charge on any atom is 0.315 e. The summed E-state index contributed by atoms with van der Waals surface area (Å²) >= 11 is 0. The Labute approximate surface area is 169 Å². The maximum absolute atomic E-state index is 12.5. The van der Waals surface area contributed by atoms with E-state index < -0.39 is 57.4 Å². The summed E-state index contributed by atoms with van der Waals surface area (Å²) in [4.78, 5) is 35.4. The van der Waals surface area contributed by atoms with Crippen LogP contribution in [-0.4, -0.2) is 50.5 Å². The number of aromatic hydroxyl groups is 2. The highest BCUT2D eigenvalue weighted by molar-refractivity contribution is 6.05. The van der Waals surface area contributed by atoms with Crippen LogP contribution in [0.1, 0.15) is 5.56 Å². The predicted octanol–water partition coefficient (Wildman–Crippen LogP) is 1.90. The SMILES string of the molecule is CN(CC(=O)Nc1ccccc1)C(=O)/C(C#N)=C(\O)c1cc(O)c(O)c([N+](=O)[O-])c1. The van der Waals surface area contributed by atoms with Crippen LogP contribution >= 0.6 is 0 Å². The second-order valence-corrected chi connectivity index (χ2v) is 6.03. The molecule has 0 aliphatic carbocycles. The second-order valence-electron chi connectivity index (χ2n) is 6.03. The first kappa shape index (κ1) is 21.7. The van der Waals surface area contributed by atoms with Crippen LogP contribution in [-0.2, 0) is 9.59 Å². The van der Waals surface area contributed by atoms with E-state index in [0.29, 0.717) is 11.8 Å². The highest BCUT2D eigenvalue weighted by Gasteiger charge is 2.25. The van der Waals surface area contributed by atoms with Gasteiger partial charge in [-0.25, -0.2) is 0 Å². The topological polar surface area (TPSA) is 177 Å². The molecule has 4 N–H and O–H groups in total. The molecule has 0 heterocycles. The molecule has 0 unspecified atom stereocenters. The Morgan fingerprint density at radius 3 is 2.43 bits per heavy atom. The minimum Gasteiger partial charge on any atom is -0.506 e. The van der Waals surface area contributed by atoms with Crippen molar-refractivity contribution in [2.75, 3.05) is 18.9 Å². The summed E-state index contributed by atoms with van der Waals surface area (Å²) in [6.07, 6.45) is 0. The van der Waals surface area contributed by atoms with Crippen molar-refractivity contribution >= 4 is 28.9 Å². The van der Waals surface area contributed by atoms with Crippen LogP contribution in [0.15, 0.2) is 48.0 Å². The number of carbonyl (C=O) groups excluding carboxylic acids is 2. The molecule has 2 amide bonds. The van der Waals surface area contributed by atoms with Gasteiger partial charge in [-0.15, -0.1) is 0 Å². The van der Waals surface area contributed by atoms with Crippen molar-refractivity contribution < 1.29 is 29.8 Å². The van der Waals surface area contributed by atoms with Crippen LogP contribution in [0.4, 0.5) is 11.4 Å². The summed E-state index contributed by atoms with van der Waals surface area (Å²) < 4.78 is 0. The Kier molecular flexibility index (Phi) is 6.56. The lowest BCUT2D eigenvalue weighted by molar-refractivity contribution is -0.386. The maximum atomic E-state index is 12.5. The number of amides is 2. The van der Waals surface area contributed by atoms with E-state index in [1.54, 1.807) is 30.3 Å². The molecule has 0 aromatic heterocycles. The molecule has 11 nitrogen and oxygen atoms in total. The number of hydrogen-bond acceptors (Lipinski definition) is 8. The molecule has 0 aliphatic heterocycles. The van der Waals surface area contributed by atoms with Crippen molar-refractivity contribution in [1.82, 2.24) is 4.90 Å². The van der Waals surface area contributed by atoms with Crippen molar-refractivity contribution in [2.24, 2.45) is 0 Å². The van der Waals surface area contributed by atoms with Gasteiger partial charge in [0.25, 0.3) is 5.91 Å². The molecular formula is C19H16N4O7. The van der Waals surface area contributed by atoms with E-state index in [1.807, 2.05) is 0 Å². The number of nitrogens with one attached hydrogen (secondary N) is 1. The first-order valence-corrected chi connectivity index (χ1v) is 8.30. The number of benzene rings is 2. The number of para-hydroxylation sites is 1. The molecule has 0 saturated heterocycles. The Hall–Kier alpha value is -4.59. The Bertz CT molecular complexity index is 1070. The second kappa shape index (κ2) is 9.07. The van der Waals surface area contributed by atoms with Gasteiger partial charge in [0.2, 0.25) is 11.7 Å². The summed E-state index contributed by atoms with van der Waals surface area (Å²) in [6, 6.07) is 11.3. The average molecular weight is 412 g/mol. The molecule has 11 heteroatoms. The van der Waals surface area contributed by atoms with E-state index in [0.717, 1.165) is 11.0 Å². The lowest BCUT2D eigenvalue weighted by atomic mass is 10.1. The number of aliphatic hydroxyl groups is 1. The van der Waals surface area contributed by atoms with Crippen LogP contribution in [0.25, 0.3) is 5.76 Å². The summed E-state index contributed by atoms with van der Waals surface area (Å²) in [5, 5.41) is 52.2. The van der Waals surface area contributed by atoms with Gasteiger partial charge in [-0.2, -0.15) is 5.26 Å². The number of hydrogen-bond donors (Lipinski definition) is 4. The monoisotopic (exact) mass is 412 g/mol. The van der Waals surface area contributed by atoms with Crippen molar-refractivity contribution in [3.8, 4) is 17.6 Å². The standard InChI is InChI=1S/C19H16N4O7/c1-22(10-16(25)21-12-5-3-2-4-6-12)19(28)13(9-20)17(26)11-7-14(23(29)30)18(27)15(24)8-11/h2-8,24,26-27H,10H2,1H3,(H,21,25)/b17-13-. The molecule has 0 aliphatic rings. The van der Waals surface area contributed by atoms with Gasteiger partial charge < -0.3 is 25.5 Å². The average Bonchev–Trinajstić information content (AvgIpc) is 2.70. The quantitative estimate of drug-likeness (QED) is 0.139. The van der Waals surface area contributed by atoms with Gasteiger partial charge in [0, 0.05) is 24.4 Å². The zero-order valence-electron chi connectivity index (χ0n) is 15.6. The van der Waals surface area contributed by atoms with Crippen molar-refractivity contribution in [2.45, 2.75) is 0 Å². The number of nitro benzene ring substituents is 1. The molecule has 0 saturated carbocycles. The largest absolute Gasteiger partial charge is 0.506 e. The van der Waals surface area contributed by atoms with Crippen LogP contribution in [0, 0.1) is 21.4 Å². The number of phenolic OH excluding ortho intramolecular Hbond substituents is 2. The molecular weight excluding hydrogens is 396 g/mol. The van der Waals surface area contributed by atoms with Gasteiger partial charge in [-0.1, -0.05) is 18.2 Å². The molecule has 0 spiro atoms. The number of nitro groups is 1. The number of likely N-dealkylation sites (N-methyl/N-ethyl adjacent to an activating group) is 1. The van der Waals surface area contributed by atoms with Gasteiger partial charge in [0.15, 0.2) is 11.3 Å². The molecule has 30 heavy (non-hydrogen) atoms. The van der Waals surface area contributed by atoms with E-state index in [4.69, 9.17) is 0 Å². The van der Waals surface area contributed by atoms with E-state index >= 15 is 0 Å². The van der Waals surface area contributed by atoms with Crippen molar-refractivity contribution in [1.29, 1.82) is 5.26 Å². The number of phenols is 2. The van der Waals surface area contributed by atoms with E-state index in [2.05, 4.69) is 5.32 Å². The number of nitriles is 1. The third kappa shape index (κ3) is 4.82. The fraction of sp³-hybridized carbons (Fsp3) is 0.105. The normalized spacial score (nSPS) is 11.1. The number of carbonyl (C=O) groups is 2. The molecule has 2 rings (SSSR count). The lowest BCUT2D eigenvalue weighted by Crippen LogP contribution is -2.35. The minimum absolute atomic E-state index is 0.441. The predicted molar refractivity (Wildman–Crippen MR) is 104 cm³/mol. The highest BCUT2D eigenvalue weighted by atomic mass is 16.6. The zero-order chi connectivity index (χ0) is 22.4. The zero-order valence-corrected chi connectivity index (χ0v) is 15.6. The molecule has 0 bridgehead atoms. The van der Waals surface area contributed by atoms with Gasteiger partial charge in [-0.05, 0) is 18.2 Å². The smallest absolute Gasteiger partial charge is 0.315 e. The molecule has 0 atom stereocenters. The summed E-state index contributed by atoms with van der Waals surface area (Å²) in [5.41, 5.74) is -1.69. The van der Waals surface area contributed by atoms with Crippen molar-refractivity contribution in [3.05, 3.63) is 63.7 Å². The Balaban J connectivity index is 2.28. The lowest BCUT2D eigenvalue weighted by Gasteiger charge is -2.17. The minimum atomic E-state index is -1.03. The van der Waals surface area contributed by atoms with Crippen LogP contribution < -0.4 is 5.32 Å². The van der Waals surface area contributed by atoms with Gasteiger partial charge in [-0.3, -0.25) is 19.7 Å². The van der Waals surface area contributed by atoms with E-state index in [1.165, 1.54) is 13.1 Å². The summed E-state index contributed by atoms with van der Waals surface area (Å²) in [7, 11) is 1.22. The Morgan fingerprint density at radius 1 is 1.23 bits per heavy atom. The molecule has 0 radical (unpaired) electrons. The van der Waals surface area contributed by atoms with Gasteiger partial charge in [0.1, 0.15) is 11.8 Å². The summed E-state index contributed by atoms with van der Waals surface area (Å²) in [6.45, 7) is -0.451. The van der Waals surface area contributed by atoms with Crippen LogP contribution in [0.3, 0.4) is 0 Å². The molecule has 0 fully saturated rings. The first-order chi connectivity index (χ1) is 14.1. The molecule has 2 aromatic rings. The fourth-order valence-electron chi connectivity index (χ4n) is 2.43. The highest BCUT2D eigenvalue weighted by Crippen LogP contribution is 2.38. The molecule has 154 valence electrons. The van der Waals surface area contributed by atoms with Gasteiger partial charge in [0.05, 0.1) is 11.5 Å². The van der Waals surface area contributed by atoms with Crippen molar-refractivity contribution in [3.63, 3.8) is 0 Å². The number of nitrogens with zero attached hydrogens (tertiary/aromatic N) is 3. The Morgan fingerprint density at radius 2 is 1.87 bits per heavy atom. The van der Waals surface area contributed by atoms with Gasteiger partial charge >= 0.3 is 5.69 Å². The molecule has 2 aromatic carbocycles. The first-order valence-electron chi connectivity index (χ1n) is 8.30. The van der Waals surface area contributed by atoms with Crippen LogP contribution in [0.2, 0.25) is 0 Å². The van der Waals surface area contributed by atoms with E-state index in [9.17, 15) is 40.3 Å². The summed E-state index contributed by atoms with van der Waals surface area (Å²) in [5.74, 6) is -4.52.